The Bertz CT molecular complexity index is 530. The zero-order chi connectivity index (χ0) is 14.4. The molecule has 0 aliphatic carbocycles. The van der Waals surface area contributed by atoms with E-state index in [9.17, 15) is 0 Å². The molecule has 2 aromatic rings. The van der Waals surface area contributed by atoms with Crippen molar-refractivity contribution in [1.82, 2.24) is 5.32 Å². The van der Waals surface area contributed by atoms with Crippen molar-refractivity contribution < 1.29 is 0 Å². The van der Waals surface area contributed by atoms with E-state index in [0.29, 0.717) is 5.92 Å². The van der Waals surface area contributed by atoms with Crippen molar-refractivity contribution >= 4 is 11.3 Å². The highest BCUT2D eigenvalue weighted by molar-refractivity contribution is 7.11. The van der Waals surface area contributed by atoms with Crippen molar-refractivity contribution in [3.63, 3.8) is 0 Å². The van der Waals surface area contributed by atoms with Crippen LogP contribution in [0.3, 0.4) is 0 Å². The Morgan fingerprint density at radius 2 is 1.90 bits per heavy atom. The maximum absolute atomic E-state index is 3.35. The second kappa shape index (κ2) is 7.61. The predicted octanol–water partition coefficient (Wildman–Crippen LogP) is 4.24. The maximum atomic E-state index is 3.35. The lowest BCUT2D eigenvalue weighted by Crippen LogP contribution is -2.22. The monoisotopic (exact) mass is 287 g/mol. The number of hydrogen-bond donors (Lipinski definition) is 1. The molecular formula is C18H25NS. The molecule has 1 heterocycles. The zero-order valence-corrected chi connectivity index (χ0v) is 13.6. The van der Waals surface area contributed by atoms with Crippen molar-refractivity contribution in [3.05, 3.63) is 57.3 Å². The van der Waals surface area contributed by atoms with Gasteiger partial charge in [0.2, 0.25) is 0 Å². The number of nitrogens with one attached hydrogen (secondary N) is 1. The van der Waals surface area contributed by atoms with Crippen LogP contribution in [-0.2, 0) is 19.3 Å². The molecule has 1 N–H and O–H groups in total. The van der Waals surface area contributed by atoms with Crippen molar-refractivity contribution in [1.29, 1.82) is 0 Å². The predicted molar refractivity (Wildman–Crippen MR) is 89.7 cm³/mol. The van der Waals surface area contributed by atoms with Gasteiger partial charge in [0.1, 0.15) is 0 Å². The molecule has 1 aromatic carbocycles. The van der Waals surface area contributed by atoms with E-state index in [1.54, 1.807) is 0 Å². The van der Waals surface area contributed by atoms with Crippen molar-refractivity contribution in [2.75, 3.05) is 13.6 Å². The van der Waals surface area contributed by atoms with Gasteiger partial charge in [-0.2, -0.15) is 0 Å². The summed E-state index contributed by atoms with van der Waals surface area (Å²) < 4.78 is 0. The van der Waals surface area contributed by atoms with Crippen LogP contribution in [0.15, 0.2) is 36.4 Å². The lowest BCUT2D eigenvalue weighted by molar-refractivity contribution is 0.496. The molecule has 0 amide bonds. The van der Waals surface area contributed by atoms with E-state index in [1.165, 1.54) is 27.3 Å². The fourth-order valence-corrected chi connectivity index (χ4v) is 3.76. The number of aryl methyl sites for hydroxylation is 2. The molecule has 2 heteroatoms. The van der Waals surface area contributed by atoms with Gasteiger partial charge in [-0.1, -0.05) is 36.8 Å². The maximum Gasteiger partial charge on any atom is 0.00515 e. The van der Waals surface area contributed by atoms with Crippen LogP contribution < -0.4 is 5.32 Å². The molecule has 0 aliphatic heterocycles. The normalized spacial score (nSPS) is 12.6. The van der Waals surface area contributed by atoms with Crippen molar-refractivity contribution in [2.45, 2.75) is 33.1 Å². The lowest BCUT2D eigenvalue weighted by Gasteiger charge is -2.16. The van der Waals surface area contributed by atoms with E-state index in [-0.39, 0.29) is 0 Å². The average Bonchev–Trinajstić information content (AvgIpc) is 2.87. The molecule has 0 saturated carbocycles. The number of hydrogen-bond acceptors (Lipinski definition) is 2. The first-order valence-electron chi connectivity index (χ1n) is 7.49. The molecule has 1 aromatic heterocycles. The highest BCUT2D eigenvalue weighted by Crippen LogP contribution is 2.22. The third-order valence-electron chi connectivity index (χ3n) is 3.66. The summed E-state index contributed by atoms with van der Waals surface area (Å²) in [5.74, 6) is 0.671. The molecule has 1 unspecified atom stereocenters. The van der Waals surface area contributed by atoms with Gasteiger partial charge in [-0.05, 0) is 63.4 Å². The first-order valence-corrected chi connectivity index (χ1v) is 8.30. The Labute approximate surface area is 127 Å². The van der Waals surface area contributed by atoms with Gasteiger partial charge < -0.3 is 5.32 Å². The average molecular weight is 287 g/mol. The van der Waals surface area contributed by atoms with Crippen LogP contribution in [0.1, 0.15) is 27.8 Å². The third-order valence-corrected chi connectivity index (χ3v) is 4.91. The third kappa shape index (κ3) is 4.46. The van der Waals surface area contributed by atoms with Gasteiger partial charge in [-0.15, -0.1) is 11.3 Å². The topological polar surface area (TPSA) is 12.0 Å². The van der Waals surface area contributed by atoms with Gasteiger partial charge in [0.05, 0.1) is 0 Å². The molecule has 20 heavy (non-hydrogen) atoms. The Hall–Kier alpha value is -1.12. The van der Waals surface area contributed by atoms with Crippen LogP contribution in [0.4, 0.5) is 0 Å². The minimum atomic E-state index is 0.671. The first-order chi connectivity index (χ1) is 9.71. The van der Waals surface area contributed by atoms with Gasteiger partial charge in [-0.25, -0.2) is 0 Å². The fraction of sp³-hybridized carbons (Fsp3) is 0.444. The molecule has 0 bridgehead atoms. The molecule has 1 atom stereocenters. The van der Waals surface area contributed by atoms with Gasteiger partial charge in [0.15, 0.2) is 0 Å². The summed E-state index contributed by atoms with van der Waals surface area (Å²) >= 11 is 1.97. The smallest absolute Gasteiger partial charge is 0.00515 e. The van der Waals surface area contributed by atoms with E-state index in [1.807, 2.05) is 11.3 Å². The number of benzene rings is 1. The quantitative estimate of drug-likeness (QED) is 0.803. The Morgan fingerprint density at radius 1 is 1.10 bits per heavy atom. The molecule has 0 fully saturated rings. The number of thiophene rings is 1. The Morgan fingerprint density at radius 3 is 2.55 bits per heavy atom. The summed E-state index contributed by atoms with van der Waals surface area (Å²) in [6.45, 7) is 5.48. The van der Waals surface area contributed by atoms with E-state index in [0.717, 1.165) is 19.4 Å². The fourth-order valence-electron chi connectivity index (χ4n) is 2.68. The summed E-state index contributed by atoms with van der Waals surface area (Å²) in [6, 6.07) is 13.5. The van der Waals surface area contributed by atoms with E-state index >= 15 is 0 Å². The van der Waals surface area contributed by atoms with Crippen LogP contribution in [0.25, 0.3) is 0 Å². The van der Waals surface area contributed by atoms with E-state index < -0.39 is 0 Å². The van der Waals surface area contributed by atoms with Gasteiger partial charge in [-0.3, -0.25) is 0 Å². The van der Waals surface area contributed by atoms with E-state index in [2.05, 4.69) is 62.6 Å². The molecule has 0 spiro atoms. The van der Waals surface area contributed by atoms with Gasteiger partial charge in [0, 0.05) is 9.75 Å². The van der Waals surface area contributed by atoms with Gasteiger partial charge in [0.25, 0.3) is 0 Å². The molecule has 1 nitrogen and oxygen atoms in total. The standard InChI is InChI=1S/C18H25NS/c1-4-17-8-9-18(20-17)12-16(13-19-3)11-15-7-5-6-14(2)10-15/h5-10,16,19H,4,11-13H2,1-3H3. The SMILES string of the molecule is CCc1ccc(CC(CNC)Cc2cccc(C)c2)s1. The van der Waals surface area contributed by atoms with Crippen LogP contribution in [0.5, 0.6) is 0 Å². The van der Waals surface area contributed by atoms with Crippen LogP contribution in [0.2, 0.25) is 0 Å². The molecule has 2 rings (SSSR count). The zero-order valence-electron chi connectivity index (χ0n) is 12.8. The largest absolute Gasteiger partial charge is 0.319 e. The van der Waals surface area contributed by atoms with Crippen molar-refractivity contribution in [2.24, 2.45) is 5.92 Å². The van der Waals surface area contributed by atoms with E-state index in [4.69, 9.17) is 0 Å². The molecule has 0 saturated heterocycles. The second-order valence-electron chi connectivity index (χ2n) is 5.54. The highest BCUT2D eigenvalue weighted by Gasteiger charge is 2.11. The summed E-state index contributed by atoms with van der Waals surface area (Å²) in [7, 11) is 2.05. The number of rotatable bonds is 7. The summed E-state index contributed by atoms with van der Waals surface area (Å²) in [5, 5.41) is 3.35. The Kier molecular flexibility index (Phi) is 5.81. The lowest BCUT2D eigenvalue weighted by atomic mass is 9.94. The van der Waals surface area contributed by atoms with Crippen LogP contribution in [-0.4, -0.2) is 13.6 Å². The van der Waals surface area contributed by atoms with Gasteiger partial charge >= 0.3 is 0 Å². The summed E-state index contributed by atoms with van der Waals surface area (Å²) in [4.78, 5) is 3.02. The van der Waals surface area contributed by atoms with Crippen LogP contribution >= 0.6 is 11.3 Å². The molecule has 0 aliphatic rings. The molecular weight excluding hydrogens is 262 g/mol. The second-order valence-corrected chi connectivity index (χ2v) is 6.80. The summed E-state index contributed by atoms with van der Waals surface area (Å²) in [6.07, 6.45) is 3.49. The van der Waals surface area contributed by atoms with Crippen molar-refractivity contribution in [3.8, 4) is 0 Å². The Balaban J connectivity index is 2.02. The minimum absolute atomic E-state index is 0.671. The molecule has 0 radical (unpaired) electrons. The highest BCUT2D eigenvalue weighted by atomic mass is 32.1. The first kappa shape index (κ1) is 15.3. The minimum Gasteiger partial charge on any atom is -0.319 e. The molecule has 108 valence electrons. The summed E-state index contributed by atoms with van der Waals surface area (Å²) in [5.41, 5.74) is 2.81. The van der Waals surface area contributed by atoms with Crippen LogP contribution in [0, 0.1) is 12.8 Å².